The van der Waals surface area contributed by atoms with Gasteiger partial charge in [-0.05, 0) is 61.0 Å². The number of hydrogen-bond acceptors (Lipinski definition) is 3. The van der Waals surface area contributed by atoms with E-state index >= 15 is 0 Å². The maximum atomic E-state index is 13.0. The number of nitrogens with one attached hydrogen (secondary N) is 2. The standard InChI is InChI=1S/C22H17ClFN3O2/c1-14(15-8-12-18(24)13-9-15)26-27-22(29)19-4-2-3-5-20(19)25-21(28)16-6-10-17(23)11-7-16/h2-13H,1H3,(H,25,28)(H,27,29). The Balaban J connectivity index is 1.74. The van der Waals surface area contributed by atoms with Crippen molar-refractivity contribution in [2.75, 3.05) is 5.32 Å². The summed E-state index contributed by atoms with van der Waals surface area (Å²) in [6.07, 6.45) is 0. The van der Waals surface area contributed by atoms with Crippen molar-refractivity contribution in [3.63, 3.8) is 0 Å². The predicted octanol–water partition coefficient (Wildman–Crippen LogP) is 4.89. The highest BCUT2D eigenvalue weighted by Gasteiger charge is 2.14. The van der Waals surface area contributed by atoms with Gasteiger partial charge < -0.3 is 5.32 Å². The molecular formula is C22H17ClFN3O2. The average molecular weight is 410 g/mol. The number of halogens is 2. The van der Waals surface area contributed by atoms with E-state index in [1.165, 1.54) is 12.1 Å². The van der Waals surface area contributed by atoms with Crippen LogP contribution in [0.2, 0.25) is 5.02 Å². The van der Waals surface area contributed by atoms with Crippen LogP contribution in [0.5, 0.6) is 0 Å². The number of hydrogen-bond donors (Lipinski definition) is 2. The molecule has 0 fully saturated rings. The molecule has 0 heterocycles. The molecule has 0 aliphatic carbocycles. The molecule has 0 aliphatic rings. The highest BCUT2D eigenvalue weighted by Crippen LogP contribution is 2.17. The lowest BCUT2D eigenvalue weighted by atomic mass is 10.1. The summed E-state index contributed by atoms with van der Waals surface area (Å²) >= 11 is 5.84. The zero-order chi connectivity index (χ0) is 20.8. The molecule has 0 saturated heterocycles. The summed E-state index contributed by atoms with van der Waals surface area (Å²) in [7, 11) is 0. The lowest BCUT2D eigenvalue weighted by Gasteiger charge is -2.10. The minimum Gasteiger partial charge on any atom is -0.321 e. The van der Waals surface area contributed by atoms with E-state index < -0.39 is 5.91 Å². The van der Waals surface area contributed by atoms with Gasteiger partial charge in [0.15, 0.2) is 0 Å². The molecule has 0 aromatic heterocycles. The lowest BCUT2D eigenvalue weighted by Crippen LogP contribution is -2.22. The van der Waals surface area contributed by atoms with Gasteiger partial charge in [0, 0.05) is 10.6 Å². The molecule has 0 atom stereocenters. The maximum Gasteiger partial charge on any atom is 0.273 e. The van der Waals surface area contributed by atoms with Crippen LogP contribution in [0, 0.1) is 5.82 Å². The summed E-state index contributed by atoms with van der Waals surface area (Å²) in [5.41, 5.74) is 4.66. The van der Waals surface area contributed by atoms with Crippen molar-refractivity contribution in [1.29, 1.82) is 0 Å². The number of benzene rings is 3. The Morgan fingerprint density at radius 1 is 0.862 bits per heavy atom. The first-order valence-electron chi connectivity index (χ1n) is 8.70. The Labute approximate surface area is 172 Å². The Morgan fingerprint density at radius 3 is 2.17 bits per heavy atom. The molecule has 3 aromatic rings. The van der Waals surface area contributed by atoms with Crippen molar-refractivity contribution in [3.8, 4) is 0 Å². The van der Waals surface area contributed by atoms with Gasteiger partial charge in [0.05, 0.1) is 17.0 Å². The molecule has 0 bridgehead atoms. The quantitative estimate of drug-likeness (QED) is 0.465. The summed E-state index contributed by atoms with van der Waals surface area (Å²) in [5.74, 6) is -1.21. The zero-order valence-electron chi connectivity index (χ0n) is 15.4. The van der Waals surface area contributed by atoms with Crippen molar-refractivity contribution in [2.45, 2.75) is 6.92 Å². The summed E-state index contributed by atoms with van der Waals surface area (Å²) in [6.45, 7) is 1.70. The minimum absolute atomic E-state index is 0.255. The molecule has 2 amide bonds. The van der Waals surface area contributed by atoms with E-state index in [0.29, 0.717) is 27.5 Å². The number of carbonyl (C=O) groups is 2. The lowest BCUT2D eigenvalue weighted by molar-refractivity contribution is 0.0955. The number of hydrazone groups is 1. The fourth-order valence-corrected chi connectivity index (χ4v) is 2.66. The summed E-state index contributed by atoms with van der Waals surface area (Å²) in [5, 5.41) is 7.30. The number of anilines is 1. The second-order valence-corrected chi connectivity index (χ2v) is 6.59. The van der Waals surface area contributed by atoms with Crippen molar-refractivity contribution in [3.05, 3.63) is 100 Å². The van der Waals surface area contributed by atoms with Gasteiger partial charge in [-0.3, -0.25) is 9.59 Å². The van der Waals surface area contributed by atoms with Gasteiger partial charge in [0.25, 0.3) is 11.8 Å². The average Bonchev–Trinajstić information content (AvgIpc) is 2.73. The first kappa shape index (κ1) is 20.2. The first-order chi connectivity index (χ1) is 13.9. The van der Waals surface area contributed by atoms with Gasteiger partial charge in [0.2, 0.25) is 0 Å². The molecule has 146 valence electrons. The van der Waals surface area contributed by atoms with E-state index in [4.69, 9.17) is 11.6 Å². The SMILES string of the molecule is CC(=NNC(=O)c1ccccc1NC(=O)c1ccc(Cl)cc1)c1ccc(F)cc1. The van der Waals surface area contributed by atoms with E-state index in [0.717, 1.165) is 0 Å². The number of para-hydroxylation sites is 1. The molecule has 3 aromatic carbocycles. The van der Waals surface area contributed by atoms with Crippen LogP contribution in [-0.2, 0) is 0 Å². The highest BCUT2D eigenvalue weighted by molar-refractivity contribution is 6.30. The first-order valence-corrected chi connectivity index (χ1v) is 9.08. The molecule has 7 heteroatoms. The summed E-state index contributed by atoms with van der Waals surface area (Å²) < 4.78 is 13.0. The smallest absolute Gasteiger partial charge is 0.273 e. The van der Waals surface area contributed by atoms with Gasteiger partial charge in [0.1, 0.15) is 5.82 Å². The van der Waals surface area contributed by atoms with Crippen molar-refractivity contribution in [1.82, 2.24) is 5.43 Å². The zero-order valence-corrected chi connectivity index (χ0v) is 16.2. The molecule has 0 spiro atoms. The van der Waals surface area contributed by atoms with Crippen LogP contribution in [0.25, 0.3) is 0 Å². The van der Waals surface area contributed by atoms with Crippen LogP contribution in [-0.4, -0.2) is 17.5 Å². The summed E-state index contributed by atoms with van der Waals surface area (Å²) in [6, 6.07) is 18.8. The summed E-state index contributed by atoms with van der Waals surface area (Å²) in [4.78, 5) is 25.0. The fourth-order valence-electron chi connectivity index (χ4n) is 2.54. The number of carbonyl (C=O) groups excluding carboxylic acids is 2. The number of rotatable bonds is 5. The van der Waals surface area contributed by atoms with Gasteiger partial charge in [-0.2, -0.15) is 5.10 Å². The minimum atomic E-state index is -0.488. The third kappa shape index (κ3) is 5.27. The van der Waals surface area contributed by atoms with Gasteiger partial charge in [-0.1, -0.05) is 35.9 Å². The van der Waals surface area contributed by atoms with Gasteiger partial charge in [-0.15, -0.1) is 0 Å². The molecule has 0 saturated carbocycles. The Hall–Kier alpha value is -3.51. The maximum absolute atomic E-state index is 13.0. The van der Waals surface area contributed by atoms with E-state index in [1.807, 2.05) is 0 Å². The Bertz CT molecular complexity index is 1060. The van der Waals surface area contributed by atoms with Crippen LogP contribution >= 0.6 is 11.6 Å². The number of amides is 2. The molecule has 5 nitrogen and oxygen atoms in total. The molecule has 2 N–H and O–H groups in total. The van der Waals surface area contributed by atoms with Crippen molar-refractivity contribution >= 4 is 34.8 Å². The van der Waals surface area contributed by atoms with E-state index in [1.54, 1.807) is 67.6 Å². The normalized spacial score (nSPS) is 11.1. The van der Waals surface area contributed by atoms with Crippen molar-refractivity contribution in [2.24, 2.45) is 5.10 Å². The largest absolute Gasteiger partial charge is 0.321 e. The molecule has 0 radical (unpaired) electrons. The Kier molecular flexibility index (Phi) is 6.36. The number of nitrogens with zero attached hydrogens (tertiary/aromatic N) is 1. The fraction of sp³-hybridized carbons (Fsp3) is 0.0455. The Morgan fingerprint density at radius 2 is 1.48 bits per heavy atom. The third-order valence-corrected chi connectivity index (χ3v) is 4.37. The molecule has 29 heavy (non-hydrogen) atoms. The highest BCUT2D eigenvalue weighted by atomic mass is 35.5. The molecular weight excluding hydrogens is 393 g/mol. The van der Waals surface area contributed by atoms with Gasteiger partial charge >= 0.3 is 0 Å². The van der Waals surface area contributed by atoms with Crippen LogP contribution in [0.3, 0.4) is 0 Å². The third-order valence-electron chi connectivity index (χ3n) is 4.11. The van der Waals surface area contributed by atoms with Crippen LogP contribution in [0.1, 0.15) is 33.2 Å². The molecule has 0 unspecified atom stereocenters. The van der Waals surface area contributed by atoms with Crippen LogP contribution in [0.15, 0.2) is 77.9 Å². The van der Waals surface area contributed by atoms with E-state index in [-0.39, 0.29) is 17.3 Å². The van der Waals surface area contributed by atoms with Gasteiger partial charge in [-0.25, -0.2) is 9.82 Å². The monoisotopic (exact) mass is 409 g/mol. The van der Waals surface area contributed by atoms with E-state index in [2.05, 4.69) is 15.8 Å². The second-order valence-electron chi connectivity index (χ2n) is 6.15. The predicted molar refractivity (Wildman–Crippen MR) is 112 cm³/mol. The van der Waals surface area contributed by atoms with Crippen molar-refractivity contribution < 1.29 is 14.0 Å². The molecule has 0 aliphatic heterocycles. The second kappa shape index (κ2) is 9.12. The van der Waals surface area contributed by atoms with Crippen LogP contribution in [0.4, 0.5) is 10.1 Å². The van der Waals surface area contributed by atoms with Crippen LogP contribution < -0.4 is 10.7 Å². The van der Waals surface area contributed by atoms with E-state index in [9.17, 15) is 14.0 Å². The topological polar surface area (TPSA) is 70.6 Å². The molecule has 3 rings (SSSR count).